The van der Waals surface area contributed by atoms with Gasteiger partial charge in [0, 0.05) is 12.8 Å². The summed E-state index contributed by atoms with van der Waals surface area (Å²) in [7, 11) is -4.76. The number of phosphoric acid groups is 1. The molecule has 0 spiro atoms. The Bertz CT molecular complexity index is 1260. The van der Waals surface area contributed by atoms with E-state index in [1.165, 1.54) is 57.8 Å². The molecule has 2 unspecified atom stereocenters. The zero-order chi connectivity index (χ0) is 42.2. The number of carbonyl (C=O) groups is 3. The Morgan fingerprint density at radius 3 is 1.77 bits per heavy atom. The number of rotatable bonds is 38. The summed E-state index contributed by atoms with van der Waals surface area (Å²) < 4.78 is 32.5. The van der Waals surface area contributed by atoms with Crippen molar-refractivity contribution in [3.63, 3.8) is 0 Å². The van der Waals surface area contributed by atoms with E-state index in [4.69, 9.17) is 24.8 Å². The molecule has 0 aliphatic heterocycles. The van der Waals surface area contributed by atoms with E-state index in [-0.39, 0.29) is 12.8 Å². The van der Waals surface area contributed by atoms with E-state index in [1.807, 2.05) is 12.2 Å². The number of aliphatic hydroxyl groups excluding tert-OH is 1. The summed E-state index contributed by atoms with van der Waals surface area (Å²) in [4.78, 5) is 45.9. The number of aliphatic hydroxyl groups is 1. The first-order chi connectivity index (χ1) is 27.5. The summed E-state index contributed by atoms with van der Waals surface area (Å²) >= 11 is 0. The quantitative estimate of drug-likeness (QED) is 0.0152. The fraction of sp³-hybridized carbons (Fsp3) is 0.659. The Balaban J connectivity index is 4.60. The summed E-state index contributed by atoms with van der Waals surface area (Å²) in [5.41, 5.74) is 5.32. The number of hydrogen-bond donors (Lipinski definition) is 4. The van der Waals surface area contributed by atoms with Gasteiger partial charge in [-0.1, -0.05) is 164 Å². The van der Waals surface area contributed by atoms with Crippen molar-refractivity contribution in [1.82, 2.24) is 0 Å². The smallest absolute Gasteiger partial charge is 0.472 e. The summed E-state index contributed by atoms with van der Waals surface area (Å²) in [6.07, 6.45) is 41.5. The molecule has 0 rings (SSSR count). The number of carboxylic acids is 1. The molecule has 326 valence electrons. The molecule has 0 aliphatic rings. The molecule has 0 saturated carbocycles. The minimum absolute atomic E-state index is 0.0134. The first kappa shape index (κ1) is 53.9. The lowest BCUT2D eigenvalue weighted by Crippen LogP contribution is -2.34. The topological polar surface area (TPSA) is 192 Å². The van der Waals surface area contributed by atoms with Gasteiger partial charge in [0.1, 0.15) is 12.6 Å². The van der Waals surface area contributed by atoms with Crippen molar-refractivity contribution in [2.75, 3.05) is 19.8 Å². The van der Waals surface area contributed by atoms with Gasteiger partial charge in [0.25, 0.3) is 0 Å². The molecular formula is C44H74NO11P. The molecule has 13 heteroatoms. The Hall–Kier alpha value is -3.12. The van der Waals surface area contributed by atoms with Crippen molar-refractivity contribution in [3.05, 3.63) is 72.9 Å². The number of ether oxygens (including phenoxy) is 2. The number of allylic oxidation sites excluding steroid dienone is 10. The molecule has 0 amide bonds. The summed E-state index contributed by atoms with van der Waals surface area (Å²) in [5, 5.41) is 19.1. The van der Waals surface area contributed by atoms with Crippen molar-refractivity contribution in [2.45, 2.75) is 167 Å². The Kier molecular flexibility index (Phi) is 36.3. The van der Waals surface area contributed by atoms with Gasteiger partial charge in [-0.15, -0.1) is 0 Å². The Morgan fingerprint density at radius 2 is 1.19 bits per heavy atom. The summed E-state index contributed by atoms with van der Waals surface area (Å²) in [5.74, 6) is -2.59. The number of carbonyl (C=O) groups excluding carboxylic acids is 2. The van der Waals surface area contributed by atoms with E-state index >= 15 is 0 Å². The van der Waals surface area contributed by atoms with Gasteiger partial charge < -0.3 is 30.3 Å². The van der Waals surface area contributed by atoms with Gasteiger partial charge in [-0.25, -0.2) is 4.57 Å². The van der Waals surface area contributed by atoms with Crippen LogP contribution in [0.25, 0.3) is 0 Å². The maximum absolute atomic E-state index is 12.6. The minimum Gasteiger partial charge on any atom is -0.480 e. The van der Waals surface area contributed by atoms with E-state index in [0.717, 1.165) is 44.9 Å². The lowest BCUT2D eigenvalue weighted by molar-refractivity contribution is -0.161. The zero-order valence-electron chi connectivity index (χ0n) is 34.8. The number of carboxylic acid groups (broad SMARTS) is 1. The molecule has 0 radical (unpaired) electrons. The van der Waals surface area contributed by atoms with Crippen LogP contribution < -0.4 is 5.73 Å². The highest BCUT2D eigenvalue weighted by molar-refractivity contribution is 7.47. The molecular weight excluding hydrogens is 749 g/mol. The maximum atomic E-state index is 12.6. The average Bonchev–Trinajstić information content (AvgIpc) is 3.18. The third kappa shape index (κ3) is 38.2. The van der Waals surface area contributed by atoms with Crippen LogP contribution in [-0.4, -0.2) is 71.1 Å². The van der Waals surface area contributed by atoms with E-state index in [0.29, 0.717) is 19.3 Å². The summed E-state index contributed by atoms with van der Waals surface area (Å²) in [6, 6.07) is -1.55. The third-order valence-corrected chi connectivity index (χ3v) is 9.51. The highest BCUT2D eigenvalue weighted by Gasteiger charge is 2.28. The number of phosphoric ester groups is 1. The van der Waals surface area contributed by atoms with Gasteiger partial charge in [0.15, 0.2) is 6.10 Å². The average molecular weight is 824 g/mol. The molecule has 0 fully saturated rings. The molecule has 0 aromatic carbocycles. The lowest BCUT2D eigenvalue weighted by Gasteiger charge is -2.20. The number of nitrogens with two attached hydrogens (primary N) is 1. The molecule has 0 aromatic rings. The first-order valence-corrected chi connectivity index (χ1v) is 22.6. The van der Waals surface area contributed by atoms with Crippen LogP contribution in [0, 0.1) is 0 Å². The van der Waals surface area contributed by atoms with Gasteiger partial charge in [0.05, 0.1) is 19.3 Å². The van der Waals surface area contributed by atoms with Crippen LogP contribution in [0.15, 0.2) is 72.9 Å². The van der Waals surface area contributed by atoms with E-state index in [1.54, 1.807) is 24.3 Å². The predicted octanol–water partition coefficient (Wildman–Crippen LogP) is 9.92. The minimum atomic E-state index is -4.76. The van der Waals surface area contributed by atoms with Crippen LogP contribution in [0.3, 0.4) is 0 Å². The highest BCUT2D eigenvalue weighted by Crippen LogP contribution is 2.43. The second-order valence-corrected chi connectivity index (χ2v) is 15.4. The highest BCUT2D eigenvalue weighted by atomic mass is 31.2. The lowest BCUT2D eigenvalue weighted by atomic mass is 10.0. The zero-order valence-corrected chi connectivity index (χ0v) is 35.7. The van der Waals surface area contributed by atoms with Crippen LogP contribution >= 0.6 is 7.82 Å². The summed E-state index contributed by atoms with van der Waals surface area (Å²) in [6.45, 7) is 2.49. The molecule has 0 aromatic heterocycles. The first-order valence-electron chi connectivity index (χ1n) is 21.1. The SMILES string of the molecule is CC/C=C\C/C=C\C/C=C\C/C=C\C=C/C(O)C/C=C\CCC(=O)OC[C@H](COP(=O)(O)OC[C@H](N)C(=O)O)OC(=O)CCCCCCCCCCCCCCC. The molecule has 57 heavy (non-hydrogen) atoms. The fourth-order valence-corrected chi connectivity index (χ4v) is 6.01. The van der Waals surface area contributed by atoms with Gasteiger partial charge in [-0.05, 0) is 44.9 Å². The van der Waals surface area contributed by atoms with Crippen molar-refractivity contribution in [1.29, 1.82) is 0 Å². The third-order valence-electron chi connectivity index (χ3n) is 8.56. The fourth-order valence-electron chi connectivity index (χ4n) is 5.23. The molecule has 12 nitrogen and oxygen atoms in total. The number of unbranched alkanes of at least 4 members (excludes halogenated alkanes) is 12. The molecule has 4 atom stereocenters. The molecule has 0 heterocycles. The largest absolute Gasteiger partial charge is 0.480 e. The molecule has 5 N–H and O–H groups in total. The second kappa shape index (κ2) is 38.4. The molecule has 0 bridgehead atoms. The van der Waals surface area contributed by atoms with Gasteiger partial charge in [-0.3, -0.25) is 23.4 Å². The molecule has 0 saturated heterocycles. The van der Waals surface area contributed by atoms with Gasteiger partial charge in [0.2, 0.25) is 0 Å². The van der Waals surface area contributed by atoms with E-state index in [9.17, 15) is 28.9 Å². The van der Waals surface area contributed by atoms with Crippen molar-refractivity contribution in [2.24, 2.45) is 5.73 Å². The van der Waals surface area contributed by atoms with Crippen molar-refractivity contribution < 1.29 is 52.6 Å². The van der Waals surface area contributed by atoms with E-state index in [2.05, 4.69) is 54.8 Å². The Morgan fingerprint density at radius 1 is 0.649 bits per heavy atom. The molecule has 0 aliphatic carbocycles. The number of esters is 2. The van der Waals surface area contributed by atoms with E-state index < -0.39 is 63.8 Å². The van der Waals surface area contributed by atoms with Crippen molar-refractivity contribution in [3.8, 4) is 0 Å². The standard InChI is InChI=1S/C44H74NO11P/c1-3-5-7-9-11-13-15-17-19-21-23-25-28-32-39(46)33-29-27-31-34-42(47)53-36-40(37-54-57(51,52)55-38-41(45)44(49)50)56-43(48)35-30-26-24-22-20-18-16-14-12-10-8-6-4-2/h5,7,11,13,17,19,23,25,27-29,32,39-41,46H,3-4,6,8-10,12,14-16,18,20-22,24,26,30-31,33-38,45H2,1-2H3,(H,49,50)(H,51,52)/b7-5-,13-11-,19-17-,25-23-,29-27-,32-28-/t39?,40-,41+/m1/s1. The van der Waals surface area contributed by atoms with Gasteiger partial charge in [-0.2, -0.15) is 0 Å². The number of hydrogen-bond acceptors (Lipinski definition) is 10. The second-order valence-electron chi connectivity index (χ2n) is 13.9. The van der Waals surface area contributed by atoms with Gasteiger partial charge >= 0.3 is 25.7 Å². The van der Waals surface area contributed by atoms with Crippen molar-refractivity contribution >= 4 is 25.7 Å². The monoisotopic (exact) mass is 823 g/mol. The van der Waals surface area contributed by atoms with Crippen LogP contribution in [0.5, 0.6) is 0 Å². The predicted molar refractivity (Wildman–Crippen MR) is 227 cm³/mol. The number of aliphatic carboxylic acids is 1. The Labute approximate surface area is 343 Å². The van der Waals surface area contributed by atoms with Crippen LogP contribution in [0.2, 0.25) is 0 Å². The maximum Gasteiger partial charge on any atom is 0.472 e. The van der Waals surface area contributed by atoms with Crippen LogP contribution in [-0.2, 0) is 37.5 Å². The van der Waals surface area contributed by atoms with Crippen LogP contribution in [0.4, 0.5) is 0 Å². The normalized spacial score (nSPS) is 15.0. The van der Waals surface area contributed by atoms with Crippen LogP contribution in [0.1, 0.15) is 149 Å².